The van der Waals surface area contributed by atoms with Gasteiger partial charge in [0.1, 0.15) is 0 Å². The predicted octanol–water partition coefficient (Wildman–Crippen LogP) is 0.996. The first-order valence-electron chi connectivity index (χ1n) is 9.26. The van der Waals surface area contributed by atoms with Crippen molar-refractivity contribution in [3.63, 3.8) is 0 Å². The van der Waals surface area contributed by atoms with Crippen molar-refractivity contribution in [2.24, 2.45) is 0 Å². The molecular weight excluding hydrogens is 410 g/mol. The highest BCUT2D eigenvalue weighted by molar-refractivity contribution is 7.89. The Bertz CT molecular complexity index is 1040. The Morgan fingerprint density at radius 3 is 2.43 bits per heavy atom. The maximum Gasteiger partial charge on any atom is 0.241 e. The van der Waals surface area contributed by atoms with Crippen LogP contribution in [-0.2, 0) is 19.6 Å². The lowest BCUT2D eigenvalue weighted by Gasteiger charge is -2.15. The molecule has 9 nitrogen and oxygen atoms in total. The molecule has 0 saturated carbocycles. The second-order valence-electron chi connectivity index (χ2n) is 6.82. The zero-order chi connectivity index (χ0) is 21.7. The second-order valence-corrected chi connectivity index (χ2v) is 8.58. The summed E-state index contributed by atoms with van der Waals surface area (Å²) in [6, 6.07) is 11.3. The fraction of sp³-hybridized carbons (Fsp3) is 0.300. The van der Waals surface area contributed by atoms with Crippen molar-refractivity contribution in [1.82, 2.24) is 15.4 Å². The van der Waals surface area contributed by atoms with E-state index < -0.39 is 28.4 Å². The average molecular weight is 433 g/mol. The summed E-state index contributed by atoms with van der Waals surface area (Å²) in [5, 5.41) is 5.15. The van der Waals surface area contributed by atoms with Gasteiger partial charge in [0.25, 0.3) is 0 Å². The molecule has 2 aromatic rings. The van der Waals surface area contributed by atoms with Crippen molar-refractivity contribution >= 4 is 21.8 Å². The van der Waals surface area contributed by atoms with Crippen LogP contribution in [0.2, 0.25) is 0 Å². The van der Waals surface area contributed by atoms with Crippen molar-refractivity contribution in [2.75, 3.05) is 19.9 Å². The molecular formula is C20H23N3O6S. The summed E-state index contributed by atoms with van der Waals surface area (Å²) in [4.78, 5) is 24.1. The van der Waals surface area contributed by atoms with Crippen molar-refractivity contribution in [3.8, 4) is 11.5 Å². The maximum atomic E-state index is 12.2. The summed E-state index contributed by atoms with van der Waals surface area (Å²) in [7, 11) is -3.80. The molecule has 1 aliphatic rings. The molecule has 0 spiro atoms. The Kier molecular flexibility index (Phi) is 6.58. The van der Waals surface area contributed by atoms with E-state index in [-0.39, 0.29) is 24.3 Å². The van der Waals surface area contributed by atoms with Gasteiger partial charge in [-0.1, -0.05) is 23.8 Å². The topological polar surface area (TPSA) is 123 Å². The quantitative estimate of drug-likeness (QED) is 0.571. The van der Waals surface area contributed by atoms with Gasteiger partial charge in [-0.05, 0) is 43.7 Å². The highest BCUT2D eigenvalue weighted by Crippen LogP contribution is 2.34. The molecule has 1 aliphatic heterocycles. The zero-order valence-electron chi connectivity index (χ0n) is 16.6. The van der Waals surface area contributed by atoms with E-state index in [2.05, 4.69) is 15.4 Å². The fourth-order valence-electron chi connectivity index (χ4n) is 2.76. The van der Waals surface area contributed by atoms with Gasteiger partial charge in [0.15, 0.2) is 11.5 Å². The second kappa shape index (κ2) is 9.14. The summed E-state index contributed by atoms with van der Waals surface area (Å²) in [5.41, 5.74) is 1.75. The van der Waals surface area contributed by atoms with Crippen LogP contribution in [0.3, 0.4) is 0 Å². The van der Waals surface area contributed by atoms with Crippen LogP contribution in [0.15, 0.2) is 47.4 Å². The van der Waals surface area contributed by atoms with Crippen molar-refractivity contribution in [1.29, 1.82) is 0 Å². The normalized spacial score (nSPS) is 13.5. The molecule has 160 valence electrons. The third-order valence-corrected chi connectivity index (χ3v) is 5.89. The van der Waals surface area contributed by atoms with Gasteiger partial charge >= 0.3 is 0 Å². The van der Waals surface area contributed by atoms with Crippen molar-refractivity contribution in [2.45, 2.75) is 24.8 Å². The monoisotopic (exact) mass is 433 g/mol. The van der Waals surface area contributed by atoms with E-state index in [0.717, 1.165) is 11.1 Å². The third-order valence-electron chi connectivity index (χ3n) is 4.47. The van der Waals surface area contributed by atoms with Crippen LogP contribution in [-0.4, -0.2) is 40.1 Å². The summed E-state index contributed by atoms with van der Waals surface area (Å²) in [6.45, 7) is 3.06. The van der Waals surface area contributed by atoms with Gasteiger partial charge in [-0.15, -0.1) is 0 Å². The third kappa shape index (κ3) is 5.49. The lowest BCUT2D eigenvalue weighted by molar-refractivity contribution is -0.125. The molecule has 0 aromatic heterocycles. The molecule has 0 bridgehead atoms. The lowest BCUT2D eigenvalue weighted by atomic mass is 10.1. The van der Waals surface area contributed by atoms with E-state index >= 15 is 0 Å². The molecule has 3 N–H and O–H groups in total. The Morgan fingerprint density at radius 1 is 1.00 bits per heavy atom. The summed E-state index contributed by atoms with van der Waals surface area (Å²) in [5.74, 6) is 0.242. The number of nitrogens with one attached hydrogen (secondary N) is 3. The van der Waals surface area contributed by atoms with Crippen LogP contribution < -0.4 is 24.8 Å². The Labute approximate surface area is 174 Å². The first-order valence-corrected chi connectivity index (χ1v) is 10.7. The van der Waals surface area contributed by atoms with Gasteiger partial charge in [0, 0.05) is 0 Å². The molecule has 2 amide bonds. The van der Waals surface area contributed by atoms with Gasteiger partial charge in [-0.2, -0.15) is 0 Å². The number of hydrogen-bond donors (Lipinski definition) is 3. The number of carbonyl (C=O) groups excluding carboxylic acids is 2. The molecule has 0 saturated heterocycles. The van der Waals surface area contributed by atoms with Crippen LogP contribution in [0.4, 0.5) is 0 Å². The van der Waals surface area contributed by atoms with Gasteiger partial charge in [-0.3, -0.25) is 9.59 Å². The van der Waals surface area contributed by atoms with E-state index in [4.69, 9.17) is 9.47 Å². The Morgan fingerprint density at radius 2 is 1.70 bits per heavy atom. The molecule has 0 fully saturated rings. The molecule has 1 unspecified atom stereocenters. The minimum absolute atomic E-state index is 0.0659. The largest absolute Gasteiger partial charge is 0.454 e. The first kappa shape index (κ1) is 21.6. The predicted molar refractivity (Wildman–Crippen MR) is 108 cm³/mol. The van der Waals surface area contributed by atoms with Crippen molar-refractivity contribution < 1.29 is 27.5 Å². The number of amides is 2. The average Bonchev–Trinajstić information content (AvgIpc) is 3.19. The molecule has 1 atom stereocenters. The van der Waals surface area contributed by atoms with Gasteiger partial charge in [-0.25, -0.2) is 13.1 Å². The van der Waals surface area contributed by atoms with Crippen LogP contribution in [0.1, 0.15) is 24.1 Å². The molecule has 0 aliphatic carbocycles. The van der Waals surface area contributed by atoms with Crippen LogP contribution >= 0.6 is 0 Å². The molecule has 0 radical (unpaired) electrons. The number of ether oxygens (including phenoxy) is 2. The standard InChI is InChI=1S/C20H23N3O6S/c1-13-3-6-16(7-4-13)30(26,27)22-11-19(24)21-10-20(25)23-14(2)15-5-8-17-18(9-15)29-12-28-17/h3-9,14,22H,10-12H2,1-2H3,(H,21,24)(H,23,25). The highest BCUT2D eigenvalue weighted by atomic mass is 32.2. The summed E-state index contributed by atoms with van der Waals surface area (Å²) >= 11 is 0. The molecule has 1 heterocycles. The number of sulfonamides is 1. The smallest absolute Gasteiger partial charge is 0.241 e. The minimum atomic E-state index is -3.80. The molecule has 3 rings (SSSR count). The van der Waals surface area contributed by atoms with Crippen LogP contribution in [0.25, 0.3) is 0 Å². The van der Waals surface area contributed by atoms with Gasteiger partial charge in [0.05, 0.1) is 24.0 Å². The minimum Gasteiger partial charge on any atom is -0.454 e. The summed E-state index contributed by atoms with van der Waals surface area (Å²) < 4.78 is 37.1. The lowest BCUT2D eigenvalue weighted by Crippen LogP contribution is -2.42. The van der Waals surface area contributed by atoms with Gasteiger partial charge in [0.2, 0.25) is 28.6 Å². The fourth-order valence-corrected chi connectivity index (χ4v) is 3.74. The van der Waals surface area contributed by atoms with E-state index in [0.29, 0.717) is 11.5 Å². The zero-order valence-corrected chi connectivity index (χ0v) is 17.4. The molecule has 10 heteroatoms. The molecule has 30 heavy (non-hydrogen) atoms. The van der Waals surface area contributed by atoms with E-state index in [9.17, 15) is 18.0 Å². The van der Waals surface area contributed by atoms with E-state index in [1.165, 1.54) is 12.1 Å². The van der Waals surface area contributed by atoms with Crippen LogP contribution in [0, 0.1) is 6.92 Å². The number of hydrogen-bond acceptors (Lipinski definition) is 6. The number of carbonyl (C=O) groups is 2. The number of benzene rings is 2. The highest BCUT2D eigenvalue weighted by Gasteiger charge is 2.18. The van der Waals surface area contributed by atoms with Crippen molar-refractivity contribution in [3.05, 3.63) is 53.6 Å². The van der Waals surface area contributed by atoms with Crippen LogP contribution in [0.5, 0.6) is 11.5 Å². The van der Waals surface area contributed by atoms with Gasteiger partial charge < -0.3 is 20.1 Å². The molecule has 2 aromatic carbocycles. The Balaban J connectivity index is 1.44. The maximum absolute atomic E-state index is 12.2. The van der Waals surface area contributed by atoms with E-state index in [1.54, 1.807) is 31.2 Å². The Hall–Kier alpha value is -3.11. The number of fused-ring (bicyclic) bond motifs is 1. The first-order chi connectivity index (χ1) is 14.2. The summed E-state index contributed by atoms with van der Waals surface area (Å²) in [6.07, 6.45) is 0. The van der Waals surface area contributed by atoms with E-state index in [1.807, 2.05) is 13.0 Å². The number of rotatable bonds is 8. The SMILES string of the molecule is Cc1ccc(S(=O)(=O)NCC(=O)NCC(=O)NC(C)c2ccc3c(c2)OCO3)cc1. The number of aryl methyl sites for hydroxylation is 1.